The van der Waals surface area contributed by atoms with Gasteiger partial charge < -0.3 is 5.73 Å². The van der Waals surface area contributed by atoms with E-state index < -0.39 is 0 Å². The zero-order valence-electron chi connectivity index (χ0n) is 28.4. The van der Waals surface area contributed by atoms with Crippen LogP contribution in [-0.2, 0) is 0 Å². The SMILES string of the molecule is N=C/N=C(\N)N(c1ccc2ccccc2c1)c1ccc2c(c1)c1ccccc1c1c(-c3ccccc3)cc(-c3ccccc3)c(-c3ccccc3)c21. The molecule has 0 aliphatic rings. The molecule has 0 spiro atoms. The highest BCUT2D eigenvalue weighted by Gasteiger charge is 2.23. The van der Waals surface area contributed by atoms with Crippen molar-refractivity contribution in [2.24, 2.45) is 10.7 Å². The fraction of sp³-hybridized carbons (Fsp3) is 0. The summed E-state index contributed by atoms with van der Waals surface area (Å²) < 4.78 is 0. The van der Waals surface area contributed by atoms with Crippen LogP contribution in [0.25, 0.3) is 76.5 Å². The minimum Gasteiger partial charge on any atom is -0.369 e. The maximum absolute atomic E-state index is 7.78. The Labute approximate surface area is 302 Å². The number of hydrogen-bond acceptors (Lipinski definition) is 1. The molecule has 0 aliphatic heterocycles. The van der Waals surface area contributed by atoms with Crippen LogP contribution in [0.15, 0.2) is 187 Å². The predicted octanol–water partition coefficient (Wildman–Crippen LogP) is 12.4. The standard InChI is InChI=1S/C48H34N4/c49-31-51-48(50)52(37-25-24-32-14-10-11-21-36(32)28-37)38-26-27-41-44(29-38)39-22-12-13-23-40(39)46-43(34-17-6-2-7-18-34)30-42(33-15-4-1-5-16-33)45(47(41)46)35-19-8-3-9-20-35/h1-31H,(H3,49,50,51). The minimum atomic E-state index is 0.220. The van der Waals surface area contributed by atoms with Gasteiger partial charge >= 0.3 is 0 Å². The van der Waals surface area contributed by atoms with Crippen molar-refractivity contribution in [1.29, 1.82) is 5.41 Å². The summed E-state index contributed by atoms with van der Waals surface area (Å²) in [6.07, 6.45) is 0.996. The van der Waals surface area contributed by atoms with E-state index >= 15 is 0 Å². The van der Waals surface area contributed by atoms with Gasteiger partial charge in [0.2, 0.25) is 5.96 Å². The zero-order chi connectivity index (χ0) is 35.0. The summed E-state index contributed by atoms with van der Waals surface area (Å²) in [6.45, 7) is 0. The number of fused-ring (bicyclic) bond motifs is 7. The second kappa shape index (κ2) is 13.0. The fourth-order valence-electron chi connectivity index (χ4n) is 7.73. The first-order valence-corrected chi connectivity index (χ1v) is 17.4. The van der Waals surface area contributed by atoms with Crippen molar-refractivity contribution in [3.8, 4) is 33.4 Å². The van der Waals surface area contributed by atoms with E-state index in [2.05, 4.69) is 175 Å². The van der Waals surface area contributed by atoms with Gasteiger partial charge in [-0.15, -0.1) is 0 Å². The smallest absolute Gasteiger partial charge is 0.206 e. The first-order valence-electron chi connectivity index (χ1n) is 17.4. The van der Waals surface area contributed by atoms with Crippen LogP contribution in [0.2, 0.25) is 0 Å². The molecule has 0 heterocycles. The normalized spacial score (nSPS) is 11.7. The second-order valence-corrected chi connectivity index (χ2v) is 13.0. The van der Waals surface area contributed by atoms with Crippen molar-refractivity contribution in [1.82, 2.24) is 0 Å². The number of benzene rings is 9. The summed E-state index contributed by atoms with van der Waals surface area (Å²) in [7, 11) is 0. The summed E-state index contributed by atoms with van der Waals surface area (Å²) in [6, 6.07) is 64.4. The number of nitrogens with one attached hydrogen (secondary N) is 1. The van der Waals surface area contributed by atoms with Crippen LogP contribution >= 0.6 is 0 Å². The molecule has 3 N–H and O–H groups in total. The van der Waals surface area contributed by atoms with Crippen LogP contribution in [-0.4, -0.2) is 12.3 Å². The van der Waals surface area contributed by atoms with Gasteiger partial charge in [0.15, 0.2) is 0 Å². The molecule has 0 bridgehead atoms. The Morgan fingerprint density at radius 1 is 0.462 bits per heavy atom. The molecule has 246 valence electrons. The molecular weight excluding hydrogens is 633 g/mol. The molecule has 4 nitrogen and oxygen atoms in total. The predicted molar refractivity (Wildman–Crippen MR) is 222 cm³/mol. The fourth-order valence-corrected chi connectivity index (χ4v) is 7.73. The topological polar surface area (TPSA) is 65.5 Å². The molecule has 0 unspecified atom stereocenters. The maximum atomic E-state index is 7.78. The number of nitrogens with zero attached hydrogens (tertiary/aromatic N) is 2. The lowest BCUT2D eigenvalue weighted by atomic mass is 9.81. The van der Waals surface area contributed by atoms with Gasteiger partial charge in [-0.25, -0.2) is 4.99 Å². The summed E-state index contributed by atoms with van der Waals surface area (Å²) >= 11 is 0. The van der Waals surface area contributed by atoms with E-state index in [0.29, 0.717) is 0 Å². The van der Waals surface area contributed by atoms with Crippen LogP contribution < -0.4 is 10.6 Å². The molecule has 0 radical (unpaired) electrons. The lowest BCUT2D eigenvalue weighted by molar-refractivity contribution is 1.30. The lowest BCUT2D eigenvalue weighted by Gasteiger charge is -2.26. The monoisotopic (exact) mass is 666 g/mol. The van der Waals surface area contributed by atoms with E-state index in [-0.39, 0.29) is 5.96 Å². The highest BCUT2D eigenvalue weighted by Crippen LogP contribution is 2.49. The van der Waals surface area contributed by atoms with E-state index in [4.69, 9.17) is 11.1 Å². The number of nitrogens with two attached hydrogens (primary N) is 1. The number of rotatable bonds is 6. The summed E-state index contributed by atoms with van der Waals surface area (Å²) in [5.74, 6) is 0.220. The molecule has 9 rings (SSSR count). The van der Waals surface area contributed by atoms with Crippen molar-refractivity contribution < 1.29 is 0 Å². The molecule has 0 atom stereocenters. The van der Waals surface area contributed by atoms with E-state index in [1.807, 2.05) is 17.0 Å². The molecule has 0 aliphatic carbocycles. The molecule has 0 aromatic heterocycles. The summed E-state index contributed by atoms with van der Waals surface area (Å²) in [5, 5.41) is 17.0. The number of hydrogen-bond donors (Lipinski definition) is 2. The Morgan fingerprint density at radius 3 is 1.69 bits per heavy atom. The van der Waals surface area contributed by atoms with Gasteiger partial charge in [-0.3, -0.25) is 10.3 Å². The van der Waals surface area contributed by atoms with Crippen molar-refractivity contribution >= 4 is 66.8 Å². The molecule has 4 heteroatoms. The Kier molecular flexibility index (Phi) is 7.75. The van der Waals surface area contributed by atoms with Crippen molar-refractivity contribution in [2.75, 3.05) is 4.90 Å². The average molecular weight is 667 g/mol. The Morgan fingerprint density at radius 2 is 1.00 bits per heavy atom. The summed E-state index contributed by atoms with van der Waals surface area (Å²) in [4.78, 5) is 6.19. The lowest BCUT2D eigenvalue weighted by Crippen LogP contribution is -2.33. The highest BCUT2D eigenvalue weighted by molar-refractivity contribution is 6.33. The van der Waals surface area contributed by atoms with E-state index in [1.54, 1.807) is 0 Å². The molecule has 9 aromatic rings. The molecule has 52 heavy (non-hydrogen) atoms. The van der Waals surface area contributed by atoms with Gasteiger partial charge in [-0.2, -0.15) is 0 Å². The molecular formula is C48H34N4. The van der Waals surface area contributed by atoms with Gasteiger partial charge in [0.1, 0.15) is 6.34 Å². The molecule has 0 saturated carbocycles. The minimum absolute atomic E-state index is 0.220. The van der Waals surface area contributed by atoms with Gasteiger partial charge in [0.05, 0.1) is 0 Å². The van der Waals surface area contributed by atoms with E-state index in [1.165, 1.54) is 38.4 Å². The molecule has 9 aromatic carbocycles. The Balaban J connectivity index is 1.44. The number of guanidine groups is 1. The average Bonchev–Trinajstić information content (AvgIpc) is 3.21. The quantitative estimate of drug-likeness (QED) is 0.105. The third-order valence-electron chi connectivity index (χ3n) is 9.99. The van der Waals surface area contributed by atoms with Gasteiger partial charge in [-0.05, 0) is 107 Å². The second-order valence-electron chi connectivity index (χ2n) is 13.0. The first kappa shape index (κ1) is 31.0. The van der Waals surface area contributed by atoms with E-state index in [9.17, 15) is 0 Å². The van der Waals surface area contributed by atoms with Crippen LogP contribution in [0.5, 0.6) is 0 Å². The third kappa shape index (κ3) is 5.26. The summed E-state index contributed by atoms with van der Waals surface area (Å²) in [5.41, 5.74) is 15.5. The van der Waals surface area contributed by atoms with Crippen molar-refractivity contribution in [2.45, 2.75) is 0 Å². The van der Waals surface area contributed by atoms with E-state index in [0.717, 1.165) is 55.8 Å². The third-order valence-corrected chi connectivity index (χ3v) is 9.99. The first-order chi connectivity index (χ1) is 25.7. The zero-order valence-corrected chi connectivity index (χ0v) is 28.4. The van der Waals surface area contributed by atoms with Crippen molar-refractivity contribution in [3.05, 3.63) is 182 Å². The van der Waals surface area contributed by atoms with Crippen LogP contribution in [0.4, 0.5) is 11.4 Å². The molecule has 0 saturated heterocycles. The maximum Gasteiger partial charge on any atom is 0.206 e. The van der Waals surface area contributed by atoms with Gasteiger partial charge in [-0.1, -0.05) is 152 Å². The Bertz CT molecular complexity index is 2810. The van der Waals surface area contributed by atoms with Gasteiger partial charge in [0.25, 0.3) is 0 Å². The Hall–Kier alpha value is -7.04. The van der Waals surface area contributed by atoms with Crippen LogP contribution in [0.1, 0.15) is 0 Å². The van der Waals surface area contributed by atoms with Crippen LogP contribution in [0, 0.1) is 5.41 Å². The molecule has 0 fully saturated rings. The molecule has 0 amide bonds. The van der Waals surface area contributed by atoms with Crippen LogP contribution in [0.3, 0.4) is 0 Å². The van der Waals surface area contributed by atoms with Gasteiger partial charge in [0, 0.05) is 11.4 Å². The highest BCUT2D eigenvalue weighted by atomic mass is 15.3. The number of anilines is 2. The largest absolute Gasteiger partial charge is 0.369 e. The number of aliphatic imine (C=N–C) groups is 1. The van der Waals surface area contributed by atoms with Crippen molar-refractivity contribution in [3.63, 3.8) is 0 Å².